The van der Waals surface area contributed by atoms with Gasteiger partial charge in [-0.15, -0.1) is 0 Å². The number of pyridine rings is 4. The summed E-state index contributed by atoms with van der Waals surface area (Å²) in [4.78, 5) is 77.4. The van der Waals surface area contributed by atoms with E-state index in [0.717, 1.165) is 281 Å². The van der Waals surface area contributed by atoms with Crippen molar-refractivity contribution in [1.29, 1.82) is 0 Å². The first-order valence-corrected chi connectivity index (χ1v) is 50.3. The molecule has 23 nitrogen and oxygen atoms in total. The monoisotopic (exact) mass is 2220 g/mol. The number of ether oxygens (including phenoxy) is 2. The van der Waals surface area contributed by atoms with E-state index in [1.165, 1.54) is 0 Å². The highest BCUT2D eigenvalue weighted by Crippen LogP contribution is 2.46. The highest BCUT2D eigenvalue weighted by molar-refractivity contribution is 9.11. The van der Waals surface area contributed by atoms with Gasteiger partial charge in [0.05, 0.1) is 84.4 Å². The minimum atomic E-state index is -0.0596. The summed E-state index contributed by atoms with van der Waals surface area (Å²) in [5.41, 5.74) is 31.8. The van der Waals surface area contributed by atoms with E-state index in [1.54, 1.807) is 39.0 Å². The molecule has 0 saturated heterocycles. The fourth-order valence-electron chi connectivity index (χ4n) is 18.2. The summed E-state index contributed by atoms with van der Waals surface area (Å²) in [7, 11) is 3.32. The first-order chi connectivity index (χ1) is 71.1. The van der Waals surface area contributed by atoms with Gasteiger partial charge in [0.2, 0.25) is 0 Å². The summed E-state index contributed by atoms with van der Waals surface area (Å²) >= 11 is 17.7. The van der Waals surface area contributed by atoms with Gasteiger partial charge in [0.25, 0.3) is 0 Å². The van der Waals surface area contributed by atoms with Crippen molar-refractivity contribution >= 4 is 134 Å². The number of nitrogens with zero attached hydrogens (tertiary/aromatic N) is 9. The second-order valence-corrected chi connectivity index (χ2v) is 38.5. The topological polar surface area (TPSA) is 333 Å². The third kappa shape index (κ3) is 19.7. The minimum absolute atomic E-state index is 0.0536. The fraction of sp³-hybridized carbons (Fsp3) is 0.0513. The Morgan fingerprint density at radius 3 is 0.979 bits per heavy atom. The van der Waals surface area contributed by atoms with Gasteiger partial charge in [0.1, 0.15) is 63.4 Å². The normalized spacial score (nSPS) is 11.2. The first-order valence-electron chi connectivity index (χ1n) is 46.4. The number of para-hydroxylation sites is 4. The van der Waals surface area contributed by atoms with Crippen molar-refractivity contribution in [3.05, 3.63) is 410 Å². The van der Waals surface area contributed by atoms with Gasteiger partial charge < -0.3 is 69.5 Å². The van der Waals surface area contributed by atoms with Crippen LogP contribution in [0.4, 0.5) is 0 Å². The van der Waals surface area contributed by atoms with Gasteiger partial charge in [-0.2, -0.15) is 0 Å². The first kappa shape index (κ1) is 94.9. The van der Waals surface area contributed by atoms with Crippen LogP contribution in [0.25, 0.3) is 225 Å². The largest absolute Gasteiger partial charge is 0.496 e. The molecule has 0 radical (unpaired) electrons. The summed E-state index contributed by atoms with van der Waals surface area (Å²) in [5, 5.41) is 25.4. The summed E-state index contributed by atoms with van der Waals surface area (Å²) < 4.78 is 16.4. The Balaban J connectivity index is 0.000000107. The van der Waals surface area contributed by atoms with Crippen molar-refractivity contribution in [1.82, 2.24) is 94.7 Å². The molecular formula is C117H88Br5N19O4. The third-order valence-electron chi connectivity index (χ3n) is 25.0. The number of nitrogens with one attached hydrogen (secondary N) is 10. The van der Waals surface area contributed by atoms with Gasteiger partial charge in [-0.1, -0.05) is 237 Å². The lowest BCUT2D eigenvalue weighted by molar-refractivity contribution is 0.282. The van der Waals surface area contributed by atoms with Gasteiger partial charge in [0.15, 0.2) is 0 Å². The Kier molecular flexibility index (Phi) is 27.8. The zero-order chi connectivity index (χ0) is 99.1. The molecule has 14 aromatic heterocycles. The van der Waals surface area contributed by atoms with E-state index in [-0.39, 0.29) is 13.2 Å². The second-order valence-electron chi connectivity index (χ2n) is 34.0. The molecule has 25 aromatic rings. The lowest BCUT2D eigenvalue weighted by Crippen LogP contribution is -1.93. The summed E-state index contributed by atoms with van der Waals surface area (Å²) in [6.07, 6.45) is 13.1. The molecule has 11 aromatic carbocycles. The molecule has 0 aliphatic heterocycles. The number of aromatic nitrogens is 19. The van der Waals surface area contributed by atoms with Gasteiger partial charge in [-0.3, -0.25) is 19.9 Å². The number of fused-ring (bicyclic) bond motifs is 5. The Morgan fingerprint density at radius 2 is 0.572 bits per heavy atom. The number of aliphatic hydroxyl groups excluding tert-OH is 2. The molecule has 0 fully saturated rings. The molecule has 0 bridgehead atoms. The van der Waals surface area contributed by atoms with Gasteiger partial charge >= 0.3 is 0 Å². The predicted octanol–water partition coefficient (Wildman–Crippen LogP) is 30.5. The lowest BCUT2D eigenvalue weighted by atomic mass is 10.0. The van der Waals surface area contributed by atoms with Crippen LogP contribution in [0.3, 0.4) is 0 Å². The molecule has 0 amide bonds. The van der Waals surface area contributed by atoms with E-state index in [4.69, 9.17) is 34.4 Å². The van der Waals surface area contributed by atoms with E-state index >= 15 is 0 Å². The van der Waals surface area contributed by atoms with E-state index in [2.05, 4.69) is 236 Å². The number of aliphatic hydroxyl groups is 2. The number of imidazole rings is 5. The SMILES string of the molecule is Brc1ccc(-c2nc(-c3c[nH]c4ccc(Br)cc34)[nH]c2-c2ccc(Br)cc2)cc1.Brc1ccc2[nH]cc(-c3nc(-c4ccccn4)c(-c4ccccn4)[nH]3)c2c1.COc1ccccc1-c1nc(-c2c(C)[nH]c3ccccc23)[nH]c1-c1ccccc1CO.COc1ccccc1-c1nc(-c2c[nH]c3ccc(Br)cc23)[nH]c1-c1ccccc1CO.Cc1[nH]c2ccccc2c1-c1nc(-c2ccccn2)c(-c2ccccn2)[nH]1. The molecule has 14 heterocycles. The third-order valence-corrected chi connectivity index (χ3v) is 27.6. The number of hydrogen-bond acceptors (Lipinski definition) is 13. The number of aromatic amines is 10. The van der Waals surface area contributed by atoms with Crippen molar-refractivity contribution < 1.29 is 19.7 Å². The van der Waals surface area contributed by atoms with E-state index in [1.807, 2.05) is 267 Å². The average Bonchev–Trinajstić information content (AvgIpc) is 1.62. The van der Waals surface area contributed by atoms with E-state index < -0.39 is 0 Å². The fourth-order valence-corrected chi connectivity index (χ4v) is 19.8. The van der Waals surface area contributed by atoms with Gasteiger partial charge in [-0.25, -0.2) is 24.9 Å². The molecule has 12 N–H and O–H groups in total. The van der Waals surface area contributed by atoms with Crippen LogP contribution in [0, 0.1) is 13.8 Å². The van der Waals surface area contributed by atoms with Crippen LogP contribution in [0.2, 0.25) is 0 Å². The van der Waals surface area contributed by atoms with Crippen LogP contribution in [-0.2, 0) is 13.2 Å². The Hall–Kier alpha value is -16.3. The predicted molar refractivity (Wildman–Crippen MR) is 598 cm³/mol. The summed E-state index contributed by atoms with van der Waals surface area (Å²) in [6.45, 7) is 4.01. The van der Waals surface area contributed by atoms with Crippen LogP contribution in [-0.4, -0.2) is 119 Å². The zero-order valence-electron chi connectivity index (χ0n) is 78.2. The van der Waals surface area contributed by atoms with Crippen LogP contribution in [0.1, 0.15) is 22.5 Å². The molecule has 25 rings (SSSR count). The minimum Gasteiger partial charge on any atom is -0.496 e. The van der Waals surface area contributed by atoms with Crippen LogP contribution < -0.4 is 9.47 Å². The smallest absolute Gasteiger partial charge is 0.141 e. The van der Waals surface area contributed by atoms with Crippen LogP contribution in [0.5, 0.6) is 11.5 Å². The van der Waals surface area contributed by atoms with Crippen LogP contribution in [0.15, 0.2) is 387 Å². The number of rotatable bonds is 19. The number of methoxy groups -OCH3 is 2. The number of benzene rings is 11. The molecule has 0 saturated carbocycles. The Labute approximate surface area is 873 Å². The molecule has 0 unspecified atom stereocenters. The standard InChI is InChI=1S/C26H23N3O2.C25H20BrN3O2.C23H14Br3N3.C22H17N5.C21H14BrN5/c1-16-23(19-11-5-7-13-21(19)27-16)26-28-24(18-10-4-3-9-17(18)15-30)25(29-26)20-12-6-8-14-22(20)31-2;1-31-22-9-5-4-8-18(22)24-23(17-7-3-2-6-15(17)14-30)28-25(29-24)20-13-27-21-11-10-16(26)12-19(20)21;24-15-5-1-13(2-6-15)21-22(14-3-7-16(25)8-4-14)29-23(28-21)19-12-27-20-10-9-17(26)11-18(19)20;1-14-19(15-8-2-3-9-16(15)25-14)22-26-20(17-10-4-6-12-23-17)21(27-22)18-11-5-7-13-24-18;22-13-7-8-16-14(11-13)15(12-25-16)21-26-19(17-5-1-3-9-23-17)20(27-21)18-6-2-4-10-24-18/h3-14,27,30H,15H2,1-2H3,(H,28,29);2-13,27,30H,14H2,1H3,(H,28,29);1-12,27H,(H,28,29);2-13,25H,1H3,(H,26,27);1-12,25H,(H,26,27). The molecule has 0 spiro atoms. The zero-order valence-corrected chi connectivity index (χ0v) is 86.1. The van der Waals surface area contributed by atoms with Gasteiger partial charge in [0, 0.05) is 193 Å². The molecule has 145 heavy (non-hydrogen) atoms. The quantitative estimate of drug-likeness (QED) is 0.0359. The van der Waals surface area contributed by atoms with Crippen LogP contribution >= 0.6 is 79.6 Å². The summed E-state index contributed by atoms with van der Waals surface area (Å²) in [5.74, 6) is 5.44. The van der Waals surface area contributed by atoms with E-state index in [0.29, 0.717) is 0 Å². The van der Waals surface area contributed by atoms with Crippen molar-refractivity contribution in [2.45, 2.75) is 27.1 Å². The number of hydrogen-bond donors (Lipinski definition) is 12. The van der Waals surface area contributed by atoms with Crippen molar-refractivity contribution in [2.24, 2.45) is 0 Å². The molecule has 710 valence electrons. The van der Waals surface area contributed by atoms with Gasteiger partial charge in [-0.05, 0) is 189 Å². The number of aryl methyl sites for hydroxylation is 2. The maximum absolute atomic E-state index is 9.95. The maximum Gasteiger partial charge on any atom is 0.141 e. The highest BCUT2D eigenvalue weighted by Gasteiger charge is 2.28. The summed E-state index contributed by atoms with van der Waals surface area (Å²) in [6, 6.07) is 106. The molecule has 0 atom stereocenters. The lowest BCUT2D eigenvalue weighted by Gasteiger charge is -2.10. The average molecular weight is 2220 g/mol. The molecule has 28 heteroatoms. The molecular weight excluding hydrogens is 2130 g/mol. The Morgan fingerprint density at radius 1 is 0.255 bits per heavy atom. The Bertz CT molecular complexity index is 8620. The van der Waals surface area contributed by atoms with Crippen molar-refractivity contribution in [2.75, 3.05) is 14.2 Å². The molecule has 0 aliphatic carbocycles. The molecule has 0 aliphatic rings. The number of halogens is 5. The highest BCUT2D eigenvalue weighted by atomic mass is 79.9. The van der Waals surface area contributed by atoms with Crippen molar-refractivity contribution in [3.63, 3.8) is 0 Å². The van der Waals surface area contributed by atoms with Crippen molar-refractivity contribution in [3.8, 4) is 182 Å². The maximum atomic E-state index is 9.95. The van der Waals surface area contributed by atoms with E-state index in [9.17, 15) is 10.2 Å². The number of H-pyrrole nitrogens is 10. The second kappa shape index (κ2) is 42.5.